The van der Waals surface area contributed by atoms with Gasteiger partial charge < -0.3 is 5.73 Å². The maximum atomic E-state index is 13.5. The van der Waals surface area contributed by atoms with E-state index >= 15 is 0 Å². The Morgan fingerprint density at radius 3 is 2.43 bits per heavy atom. The van der Waals surface area contributed by atoms with Crippen LogP contribution in [0.1, 0.15) is 26.3 Å². The van der Waals surface area contributed by atoms with Crippen molar-refractivity contribution in [2.24, 2.45) is 11.7 Å². The van der Waals surface area contributed by atoms with Gasteiger partial charge in [-0.1, -0.05) is 31.5 Å². The van der Waals surface area contributed by atoms with Crippen LogP contribution in [-0.4, -0.2) is 0 Å². The summed E-state index contributed by atoms with van der Waals surface area (Å²) in [4.78, 5) is 0. The third kappa shape index (κ3) is 1.91. The van der Waals surface area contributed by atoms with Gasteiger partial charge >= 0.3 is 0 Å². The van der Waals surface area contributed by atoms with E-state index in [1.165, 1.54) is 6.07 Å². The zero-order chi connectivity index (χ0) is 10.9. The topological polar surface area (TPSA) is 26.0 Å². The van der Waals surface area contributed by atoms with Crippen LogP contribution in [0.15, 0.2) is 18.2 Å². The Bertz CT molecular complexity index is 314. The Hall–Kier alpha value is -0.600. The lowest BCUT2D eigenvalue weighted by Gasteiger charge is -2.30. The average molecular weight is 216 g/mol. The van der Waals surface area contributed by atoms with Gasteiger partial charge in [0.05, 0.1) is 0 Å². The van der Waals surface area contributed by atoms with Crippen LogP contribution in [0.5, 0.6) is 0 Å². The summed E-state index contributed by atoms with van der Waals surface area (Å²) in [5.41, 5.74) is 5.72. The number of benzene rings is 1. The number of rotatable bonds is 2. The zero-order valence-electron chi connectivity index (χ0n) is 8.64. The normalized spacial score (nSPS) is 15.6. The second-order valence-corrected chi connectivity index (χ2v) is 4.44. The van der Waals surface area contributed by atoms with Gasteiger partial charge in [-0.05, 0) is 25.0 Å². The van der Waals surface area contributed by atoms with E-state index in [1.807, 2.05) is 13.8 Å². The van der Waals surface area contributed by atoms with E-state index in [0.29, 0.717) is 10.6 Å². The van der Waals surface area contributed by atoms with E-state index in [0.717, 1.165) is 0 Å². The average Bonchev–Trinajstić information content (AvgIpc) is 2.02. The zero-order valence-corrected chi connectivity index (χ0v) is 9.40. The smallest absolute Gasteiger partial charge is 0.129 e. The molecule has 0 amide bonds. The fourth-order valence-corrected chi connectivity index (χ4v) is 1.67. The van der Waals surface area contributed by atoms with Crippen molar-refractivity contribution in [1.29, 1.82) is 0 Å². The van der Waals surface area contributed by atoms with Crippen molar-refractivity contribution in [3.05, 3.63) is 34.6 Å². The summed E-state index contributed by atoms with van der Waals surface area (Å²) in [6, 6.07) is 4.62. The summed E-state index contributed by atoms with van der Waals surface area (Å²) in [7, 11) is 0. The molecule has 1 rings (SSSR count). The van der Waals surface area contributed by atoms with Crippen molar-refractivity contribution in [2.75, 3.05) is 0 Å². The molecule has 1 aromatic carbocycles. The van der Waals surface area contributed by atoms with Crippen molar-refractivity contribution < 1.29 is 4.39 Å². The third-order valence-corrected chi connectivity index (χ3v) is 3.02. The highest BCUT2D eigenvalue weighted by Gasteiger charge is 2.30. The molecule has 0 aliphatic carbocycles. The number of hydrogen-bond donors (Lipinski definition) is 1. The van der Waals surface area contributed by atoms with Crippen LogP contribution in [0.4, 0.5) is 4.39 Å². The van der Waals surface area contributed by atoms with Crippen molar-refractivity contribution in [3.63, 3.8) is 0 Å². The number of hydrogen-bond acceptors (Lipinski definition) is 1. The molecule has 0 aromatic heterocycles. The van der Waals surface area contributed by atoms with Gasteiger partial charge in [0.15, 0.2) is 0 Å². The van der Waals surface area contributed by atoms with E-state index < -0.39 is 5.54 Å². The predicted octanol–water partition coefficient (Wildman–Crippen LogP) is 3.31. The molecule has 0 radical (unpaired) electrons. The summed E-state index contributed by atoms with van der Waals surface area (Å²) in [6.45, 7) is 5.69. The summed E-state index contributed by atoms with van der Waals surface area (Å²) in [6.07, 6.45) is 0. The van der Waals surface area contributed by atoms with Crippen molar-refractivity contribution in [3.8, 4) is 0 Å². The molecule has 14 heavy (non-hydrogen) atoms. The molecule has 1 aromatic rings. The lowest BCUT2D eigenvalue weighted by atomic mass is 9.82. The minimum atomic E-state index is -0.734. The molecule has 3 heteroatoms. The molecule has 0 saturated heterocycles. The fourth-order valence-electron chi connectivity index (χ4n) is 1.30. The first kappa shape index (κ1) is 11.5. The first-order valence-corrected chi connectivity index (χ1v) is 4.98. The molecule has 0 aliphatic heterocycles. The first-order valence-electron chi connectivity index (χ1n) is 4.60. The van der Waals surface area contributed by atoms with Gasteiger partial charge in [0.1, 0.15) is 5.82 Å². The van der Waals surface area contributed by atoms with Gasteiger partial charge in [-0.3, -0.25) is 0 Å². The monoisotopic (exact) mass is 215 g/mol. The van der Waals surface area contributed by atoms with Crippen LogP contribution in [-0.2, 0) is 5.54 Å². The largest absolute Gasteiger partial charge is 0.321 e. The molecule has 0 fully saturated rings. The van der Waals surface area contributed by atoms with Gasteiger partial charge in [-0.2, -0.15) is 0 Å². The molecule has 1 nitrogen and oxygen atoms in total. The molecular formula is C11H15ClFN. The van der Waals surface area contributed by atoms with E-state index in [1.54, 1.807) is 19.1 Å². The lowest BCUT2D eigenvalue weighted by molar-refractivity contribution is 0.337. The maximum Gasteiger partial charge on any atom is 0.129 e. The lowest BCUT2D eigenvalue weighted by Crippen LogP contribution is -2.39. The van der Waals surface area contributed by atoms with Gasteiger partial charge in [-0.15, -0.1) is 0 Å². The van der Waals surface area contributed by atoms with Gasteiger partial charge in [0.25, 0.3) is 0 Å². The molecule has 2 N–H and O–H groups in total. The second-order valence-electron chi connectivity index (χ2n) is 4.03. The molecular weight excluding hydrogens is 201 g/mol. The molecule has 0 spiro atoms. The Labute approximate surface area is 89.1 Å². The Kier molecular flexibility index (Phi) is 3.17. The molecule has 1 atom stereocenters. The number of halogens is 2. The highest BCUT2D eigenvalue weighted by Crippen LogP contribution is 2.33. The predicted molar refractivity (Wildman–Crippen MR) is 57.8 cm³/mol. The highest BCUT2D eigenvalue weighted by atomic mass is 35.5. The van der Waals surface area contributed by atoms with Gasteiger partial charge in [-0.25, -0.2) is 4.39 Å². The SMILES string of the molecule is CC(C)C(C)(N)c1c(F)cccc1Cl. The summed E-state index contributed by atoms with van der Waals surface area (Å²) >= 11 is 5.94. The summed E-state index contributed by atoms with van der Waals surface area (Å²) in [5, 5.41) is 0.392. The van der Waals surface area contributed by atoms with Crippen LogP contribution in [0.25, 0.3) is 0 Å². The van der Waals surface area contributed by atoms with Crippen molar-refractivity contribution in [1.82, 2.24) is 0 Å². The molecule has 0 heterocycles. The minimum Gasteiger partial charge on any atom is -0.321 e. The standard InChI is InChI=1S/C11H15ClFN/c1-7(2)11(3,14)10-8(12)5-4-6-9(10)13/h4-7H,14H2,1-3H3. The quantitative estimate of drug-likeness (QED) is 0.805. The van der Waals surface area contributed by atoms with Gasteiger partial charge in [0, 0.05) is 16.1 Å². The Balaban J connectivity index is 3.31. The Morgan fingerprint density at radius 1 is 1.43 bits per heavy atom. The summed E-state index contributed by atoms with van der Waals surface area (Å²) in [5.74, 6) is -0.215. The minimum absolute atomic E-state index is 0.122. The third-order valence-electron chi connectivity index (χ3n) is 2.70. The second kappa shape index (κ2) is 3.87. The van der Waals surface area contributed by atoms with E-state index in [9.17, 15) is 4.39 Å². The van der Waals surface area contributed by atoms with Crippen LogP contribution >= 0.6 is 11.6 Å². The molecule has 1 unspecified atom stereocenters. The van der Waals surface area contributed by atoms with E-state index in [4.69, 9.17) is 17.3 Å². The fraction of sp³-hybridized carbons (Fsp3) is 0.455. The molecule has 0 bridgehead atoms. The van der Waals surface area contributed by atoms with Crippen LogP contribution < -0.4 is 5.73 Å². The number of nitrogens with two attached hydrogens (primary N) is 1. The Morgan fingerprint density at radius 2 is 2.00 bits per heavy atom. The van der Waals surface area contributed by atoms with E-state index in [-0.39, 0.29) is 11.7 Å². The van der Waals surface area contributed by atoms with Crippen molar-refractivity contribution >= 4 is 11.6 Å². The van der Waals surface area contributed by atoms with Crippen LogP contribution in [0, 0.1) is 11.7 Å². The molecule has 78 valence electrons. The summed E-state index contributed by atoms with van der Waals surface area (Å²) < 4.78 is 13.5. The molecule has 0 saturated carbocycles. The van der Waals surface area contributed by atoms with E-state index in [2.05, 4.69) is 0 Å². The first-order chi connectivity index (χ1) is 6.37. The van der Waals surface area contributed by atoms with Crippen LogP contribution in [0.3, 0.4) is 0 Å². The highest BCUT2D eigenvalue weighted by molar-refractivity contribution is 6.31. The van der Waals surface area contributed by atoms with Crippen molar-refractivity contribution in [2.45, 2.75) is 26.3 Å². The van der Waals surface area contributed by atoms with Crippen LogP contribution in [0.2, 0.25) is 5.02 Å². The van der Waals surface area contributed by atoms with Gasteiger partial charge in [0.2, 0.25) is 0 Å². The maximum absolute atomic E-state index is 13.5. The molecule has 0 aliphatic rings.